The smallest absolute Gasteiger partial charge is 0.343 e. The molecule has 6 nitrogen and oxygen atoms in total. The van der Waals surface area contributed by atoms with Gasteiger partial charge in [-0.15, -0.1) is 5.10 Å². The molecule has 0 aliphatic carbocycles. The first kappa shape index (κ1) is 13.2. The molecule has 0 unspecified atom stereocenters. The molecule has 0 bridgehead atoms. The molecular weight excluding hydrogens is 268 g/mol. The molecule has 0 saturated heterocycles. The first-order valence-electron chi connectivity index (χ1n) is 6.54. The Bertz CT molecular complexity index is 825. The summed E-state index contributed by atoms with van der Waals surface area (Å²) in [6, 6.07) is 8.84. The van der Waals surface area contributed by atoms with E-state index in [1.807, 2.05) is 13.0 Å². The molecule has 21 heavy (non-hydrogen) atoms. The maximum Gasteiger partial charge on any atom is 0.343 e. The number of hydrogen-bond donors (Lipinski definition) is 0. The lowest BCUT2D eigenvalue weighted by molar-refractivity contribution is 0.0730. The lowest BCUT2D eigenvalue weighted by atomic mass is 10.2. The zero-order valence-electron chi connectivity index (χ0n) is 12.0. The second-order valence-corrected chi connectivity index (χ2v) is 4.74. The summed E-state index contributed by atoms with van der Waals surface area (Å²) >= 11 is 0. The fourth-order valence-electron chi connectivity index (χ4n) is 2.13. The van der Waals surface area contributed by atoms with Gasteiger partial charge in [0, 0.05) is 0 Å². The standard InChI is InChI=1S/C15H14N4O2/c1-9-13(21-14(20)12-7-5-4-6-8-12)10(2)19-15(16-9)17-11(3)18-19/h4-8H,1-3H3. The second-order valence-electron chi connectivity index (χ2n) is 4.74. The average molecular weight is 282 g/mol. The van der Waals surface area contributed by atoms with E-state index < -0.39 is 5.97 Å². The SMILES string of the molecule is Cc1nc2nc(C)c(OC(=O)c3ccccc3)c(C)n2n1. The molecule has 106 valence electrons. The van der Waals surface area contributed by atoms with Gasteiger partial charge in [0.05, 0.1) is 17.0 Å². The van der Waals surface area contributed by atoms with Gasteiger partial charge < -0.3 is 4.74 Å². The maximum absolute atomic E-state index is 12.2. The van der Waals surface area contributed by atoms with Crippen molar-refractivity contribution in [3.8, 4) is 5.75 Å². The third-order valence-corrected chi connectivity index (χ3v) is 3.14. The Morgan fingerprint density at radius 1 is 1.10 bits per heavy atom. The predicted octanol–water partition coefficient (Wildman–Crippen LogP) is 2.27. The van der Waals surface area contributed by atoms with Crippen LogP contribution in [-0.2, 0) is 0 Å². The zero-order valence-corrected chi connectivity index (χ0v) is 12.0. The number of hydrogen-bond acceptors (Lipinski definition) is 5. The predicted molar refractivity (Wildman–Crippen MR) is 76.4 cm³/mol. The quantitative estimate of drug-likeness (QED) is 0.674. The normalized spacial score (nSPS) is 10.8. The van der Waals surface area contributed by atoms with Gasteiger partial charge in [-0.05, 0) is 32.9 Å². The Kier molecular flexibility index (Phi) is 3.13. The number of benzene rings is 1. The molecule has 0 atom stereocenters. The van der Waals surface area contributed by atoms with Gasteiger partial charge in [0.2, 0.25) is 0 Å². The molecule has 0 radical (unpaired) electrons. The van der Waals surface area contributed by atoms with Gasteiger partial charge >= 0.3 is 5.97 Å². The van der Waals surface area contributed by atoms with Crippen LogP contribution < -0.4 is 4.74 Å². The van der Waals surface area contributed by atoms with Crippen molar-refractivity contribution >= 4 is 11.7 Å². The van der Waals surface area contributed by atoms with Gasteiger partial charge in [0.1, 0.15) is 5.82 Å². The summed E-state index contributed by atoms with van der Waals surface area (Å²) in [5, 5.41) is 4.25. The van der Waals surface area contributed by atoms with E-state index in [4.69, 9.17) is 4.74 Å². The fraction of sp³-hybridized carbons (Fsp3) is 0.200. The molecular formula is C15H14N4O2. The molecule has 0 aliphatic rings. The van der Waals surface area contributed by atoms with Crippen molar-refractivity contribution in [2.24, 2.45) is 0 Å². The molecule has 0 spiro atoms. The number of carbonyl (C=O) groups is 1. The van der Waals surface area contributed by atoms with E-state index in [2.05, 4.69) is 15.1 Å². The Morgan fingerprint density at radius 2 is 1.81 bits per heavy atom. The molecule has 2 heterocycles. The Labute approximate surface area is 121 Å². The van der Waals surface area contributed by atoms with Crippen molar-refractivity contribution in [1.29, 1.82) is 0 Å². The van der Waals surface area contributed by atoms with E-state index in [1.54, 1.807) is 42.6 Å². The van der Waals surface area contributed by atoms with Gasteiger partial charge in [0.25, 0.3) is 5.78 Å². The summed E-state index contributed by atoms with van der Waals surface area (Å²) in [5.41, 5.74) is 1.80. The van der Waals surface area contributed by atoms with Gasteiger partial charge in [-0.2, -0.15) is 9.50 Å². The number of aromatic nitrogens is 4. The van der Waals surface area contributed by atoms with Crippen molar-refractivity contribution < 1.29 is 9.53 Å². The number of carbonyl (C=O) groups excluding carboxylic acids is 1. The maximum atomic E-state index is 12.2. The van der Waals surface area contributed by atoms with Crippen LogP contribution in [0.15, 0.2) is 30.3 Å². The second kappa shape index (κ2) is 4.97. The molecule has 0 saturated carbocycles. The van der Waals surface area contributed by atoms with Crippen molar-refractivity contribution in [1.82, 2.24) is 19.6 Å². The summed E-state index contributed by atoms with van der Waals surface area (Å²) in [7, 11) is 0. The van der Waals surface area contributed by atoms with Crippen LogP contribution >= 0.6 is 0 Å². The van der Waals surface area contributed by atoms with Gasteiger partial charge in [-0.25, -0.2) is 9.78 Å². The number of esters is 1. The summed E-state index contributed by atoms with van der Waals surface area (Å²) in [6.07, 6.45) is 0. The van der Waals surface area contributed by atoms with Crippen LogP contribution in [0.2, 0.25) is 0 Å². The van der Waals surface area contributed by atoms with Crippen LogP contribution in [0.1, 0.15) is 27.6 Å². The highest BCUT2D eigenvalue weighted by Crippen LogP contribution is 2.23. The third kappa shape index (κ3) is 2.35. The molecule has 0 fully saturated rings. The summed E-state index contributed by atoms with van der Waals surface area (Å²) in [6.45, 7) is 5.40. The Balaban J connectivity index is 2.02. The molecule has 6 heteroatoms. The Hall–Kier alpha value is -2.76. The lowest BCUT2D eigenvalue weighted by Crippen LogP contribution is -2.12. The molecule has 0 N–H and O–H groups in total. The van der Waals surface area contributed by atoms with Gasteiger partial charge in [-0.3, -0.25) is 0 Å². The molecule has 1 aromatic carbocycles. The summed E-state index contributed by atoms with van der Waals surface area (Å²) in [5.74, 6) is 1.12. The van der Waals surface area contributed by atoms with E-state index >= 15 is 0 Å². The molecule has 3 rings (SSSR count). The number of nitrogens with zero attached hydrogens (tertiary/aromatic N) is 4. The highest BCUT2D eigenvalue weighted by Gasteiger charge is 2.17. The molecule has 2 aromatic heterocycles. The van der Waals surface area contributed by atoms with Crippen LogP contribution in [0.4, 0.5) is 0 Å². The number of fused-ring (bicyclic) bond motifs is 1. The summed E-state index contributed by atoms with van der Waals surface area (Å²) < 4.78 is 7.07. The average Bonchev–Trinajstić information content (AvgIpc) is 2.85. The lowest BCUT2D eigenvalue weighted by Gasteiger charge is -2.10. The van der Waals surface area contributed by atoms with E-state index in [-0.39, 0.29) is 0 Å². The number of aryl methyl sites for hydroxylation is 3. The van der Waals surface area contributed by atoms with E-state index in [0.717, 1.165) is 0 Å². The first-order valence-corrected chi connectivity index (χ1v) is 6.54. The van der Waals surface area contributed by atoms with Gasteiger partial charge in [-0.1, -0.05) is 18.2 Å². The van der Waals surface area contributed by atoms with E-state index in [9.17, 15) is 4.79 Å². The first-order chi connectivity index (χ1) is 10.1. The van der Waals surface area contributed by atoms with Crippen LogP contribution in [0.3, 0.4) is 0 Å². The van der Waals surface area contributed by atoms with Crippen LogP contribution in [-0.4, -0.2) is 25.6 Å². The van der Waals surface area contributed by atoms with E-state index in [0.29, 0.717) is 34.3 Å². The van der Waals surface area contributed by atoms with Crippen LogP contribution in [0.25, 0.3) is 5.78 Å². The minimum absolute atomic E-state index is 0.417. The highest BCUT2D eigenvalue weighted by molar-refractivity contribution is 5.91. The van der Waals surface area contributed by atoms with Crippen LogP contribution in [0.5, 0.6) is 5.75 Å². The minimum Gasteiger partial charge on any atom is -0.419 e. The van der Waals surface area contributed by atoms with E-state index in [1.165, 1.54) is 0 Å². The van der Waals surface area contributed by atoms with Crippen molar-refractivity contribution in [2.45, 2.75) is 20.8 Å². The molecule has 0 amide bonds. The molecule has 3 aromatic rings. The van der Waals surface area contributed by atoms with Crippen molar-refractivity contribution in [3.05, 3.63) is 53.1 Å². The largest absolute Gasteiger partial charge is 0.419 e. The third-order valence-electron chi connectivity index (χ3n) is 3.14. The van der Waals surface area contributed by atoms with Gasteiger partial charge in [0.15, 0.2) is 5.75 Å². The number of rotatable bonds is 2. The van der Waals surface area contributed by atoms with Crippen molar-refractivity contribution in [2.75, 3.05) is 0 Å². The number of ether oxygens (including phenoxy) is 1. The minimum atomic E-state index is -0.417. The Morgan fingerprint density at radius 3 is 2.52 bits per heavy atom. The topological polar surface area (TPSA) is 69.4 Å². The monoisotopic (exact) mass is 282 g/mol. The molecule has 0 aliphatic heterocycles. The fourth-order valence-corrected chi connectivity index (χ4v) is 2.13. The van der Waals surface area contributed by atoms with Crippen LogP contribution in [0, 0.1) is 20.8 Å². The highest BCUT2D eigenvalue weighted by atomic mass is 16.5. The summed E-state index contributed by atoms with van der Waals surface area (Å²) in [4.78, 5) is 20.7. The van der Waals surface area contributed by atoms with Crippen molar-refractivity contribution in [3.63, 3.8) is 0 Å². The zero-order chi connectivity index (χ0) is 15.0.